The fraction of sp³-hybridized carbons (Fsp3) is 0.474. The highest BCUT2D eigenvalue weighted by atomic mass is 16.5. The summed E-state index contributed by atoms with van der Waals surface area (Å²) in [4.78, 5) is 23.9. The lowest BCUT2D eigenvalue weighted by molar-refractivity contribution is 0.0497. The van der Waals surface area contributed by atoms with Crippen LogP contribution in [-0.2, 0) is 9.47 Å². The van der Waals surface area contributed by atoms with Gasteiger partial charge in [0.2, 0.25) is 0 Å². The summed E-state index contributed by atoms with van der Waals surface area (Å²) in [6.07, 6.45) is 5.49. The Bertz CT molecular complexity index is 534. The number of ether oxygens (including phenoxy) is 2. The van der Waals surface area contributed by atoms with Crippen LogP contribution < -0.4 is 0 Å². The number of hydrogen-bond donors (Lipinski definition) is 0. The molecule has 0 aromatic heterocycles. The van der Waals surface area contributed by atoms with Gasteiger partial charge in [-0.2, -0.15) is 0 Å². The van der Waals surface area contributed by atoms with Crippen LogP contribution in [0.4, 0.5) is 0 Å². The predicted molar refractivity (Wildman–Crippen MR) is 90.6 cm³/mol. The fourth-order valence-electron chi connectivity index (χ4n) is 2.00. The zero-order chi connectivity index (χ0) is 17.1. The molecule has 0 amide bonds. The summed E-state index contributed by atoms with van der Waals surface area (Å²) >= 11 is 0. The Morgan fingerprint density at radius 3 is 2.22 bits per heavy atom. The van der Waals surface area contributed by atoms with Crippen molar-refractivity contribution >= 4 is 11.9 Å². The average Bonchev–Trinajstić information content (AvgIpc) is 2.55. The van der Waals surface area contributed by atoms with Gasteiger partial charge in [-0.3, -0.25) is 0 Å². The first kappa shape index (κ1) is 18.9. The van der Waals surface area contributed by atoms with Gasteiger partial charge in [-0.1, -0.05) is 45.3 Å². The second kappa shape index (κ2) is 10.6. The molecule has 1 aromatic carbocycles. The maximum atomic E-state index is 12.0. The number of unbranched alkanes of at least 4 members (excludes halogenated alkanes) is 4. The number of esters is 2. The summed E-state index contributed by atoms with van der Waals surface area (Å²) in [5, 5.41) is 0. The molecule has 0 aliphatic rings. The van der Waals surface area contributed by atoms with E-state index in [0.29, 0.717) is 17.7 Å². The minimum atomic E-state index is -0.470. The van der Waals surface area contributed by atoms with Gasteiger partial charge in [0.05, 0.1) is 17.7 Å². The Balaban J connectivity index is 2.47. The van der Waals surface area contributed by atoms with Gasteiger partial charge in [-0.15, -0.1) is 0 Å². The number of carbonyl (C=O) groups excluding carboxylic acids is 2. The molecule has 126 valence electrons. The third-order valence-corrected chi connectivity index (χ3v) is 3.26. The van der Waals surface area contributed by atoms with Crippen molar-refractivity contribution in [2.24, 2.45) is 0 Å². The maximum absolute atomic E-state index is 12.0. The summed E-state index contributed by atoms with van der Waals surface area (Å²) < 4.78 is 10.3. The third-order valence-electron chi connectivity index (χ3n) is 3.26. The van der Waals surface area contributed by atoms with Crippen molar-refractivity contribution in [3.05, 3.63) is 47.5 Å². The van der Waals surface area contributed by atoms with Gasteiger partial charge in [-0.05, 0) is 37.1 Å². The van der Waals surface area contributed by atoms with Gasteiger partial charge in [0.1, 0.15) is 6.61 Å². The molecule has 0 saturated carbocycles. The van der Waals surface area contributed by atoms with E-state index in [0.717, 1.165) is 24.8 Å². The third kappa shape index (κ3) is 7.63. The van der Waals surface area contributed by atoms with Crippen LogP contribution in [0.5, 0.6) is 0 Å². The van der Waals surface area contributed by atoms with E-state index in [1.165, 1.54) is 18.9 Å². The van der Waals surface area contributed by atoms with Crippen molar-refractivity contribution in [2.75, 3.05) is 13.2 Å². The molecule has 0 heterocycles. The van der Waals surface area contributed by atoms with Gasteiger partial charge in [0, 0.05) is 0 Å². The molecule has 0 unspecified atom stereocenters. The highest BCUT2D eigenvalue weighted by Gasteiger charge is 2.12. The van der Waals surface area contributed by atoms with Crippen molar-refractivity contribution in [1.29, 1.82) is 0 Å². The van der Waals surface area contributed by atoms with Crippen LogP contribution in [-0.4, -0.2) is 25.2 Å². The molecular formula is C19H26O4. The molecule has 0 spiro atoms. The van der Waals surface area contributed by atoms with E-state index in [2.05, 4.69) is 13.5 Å². The molecular weight excluding hydrogens is 292 g/mol. The largest absolute Gasteiger partial charge is 0.462 e. The Morgan fingerprint density at radius 2 is 1.61 bits per heavy atom. The minimum Gasteiger partial charge on any atom is -0.462 e. The Morgan fingerprint density at radius 1 is 1.00 bits per heavy atom. The van der Waals surface area contributed by atoms with E-state index in [1.807, 2.05) is 0 Å². The normalized spacial score (nSPS) is 10.2. The summed E-state index contributed by atoms with van der Waals surface area (Å²) in [6, 6.07) is 6.40. The number of hydrogen-bond acceptors (Lipinski definition) is 4. The minimum absolute atomic E-state index is 0.172. The fourth-order valence-corrected chi connectivity index (χ4v) is 2.00. The maximum Gasteiger partial charge on any atom is 0.338 e. The molecule has 23 heavy (non-hydrogen) atoms. The second-order valence-corrected chi connectivity index (χ2v) is 5.66. The van der Waals surface area contributed by atoms with E-state index < -0.39 is 11.9 Å². The highest BCUT2D eigenvalue weighted by Crippen LogP contribution is 2.10. The number of benzene rings is 1. The first-order valence-electron chi connectivity index (χ1n) is 8.13. The van der Waals surface area contributed by atoms with Gasteiger partial charge < -0.3 is 9.47 Å². The molecule has 0 fully saturated rings. The average molecular weight is 318 g/mol. The Hall–Kier alpha value is -2.10. The van der Waals surface area contributed by atoms with Gasteiger partial charge in [0.15, 0.2) is 0 Å². The lowest BCUT2D eigenvalue weighted by Gasteiger charge is -2.07. The molecule has 1 aromatic rings. The smallest absolute Gasteiger partial charge is 0.338 e. The van der Waals surface area contributed by atoms with E-state index in [-0.39, 0.29) is 6.61 Å². The molecule has 0 aliphatic carbocycles. The van der Waals surface area contributed by atoms with E-state index >= 15 is 0 Å². The molecule has 0 N–H and O–H groups in total. The van der Waals surface area contributed by atoms with Crippen LogP contribution in [0, 0.1) is 0 Å². The van der Waals surface area contributed by atoms with Crippen molar-refractivity contribution < 1.29 is 19.1 Å². The summed E-state index contributed by atoms with van der Waals surface area (Å²) in [5.74, 6) is -0.878. The molecule has 0 bridgehead atoms. The van der Waals surface area contributed by atoms with Crippen LogP contribution >= 0.6 is 0 Å². The van der Waals surface area contributed by atoms with E-state index in [1.54, 1.807) is 25.1 Å². The lowest BCUT2D eigenvalue weighted by atomic mass is 10.1. The topological polar surface area (TPSA) is 52.6 Å². The lowest BCUT2D eigenvalue weighted by Crippen LogP contribution is -2.10. The highest BCUT2D eigenvalue weighted by molar-refractivity contribution is 5.95. The van der Waals surface area contributed by atoms with Crippen LogP contribution in [0.25, 0.3) is 0 Å². The summed E-state index contributed by atoms with van der Waals surface area (Å²) in [6.45, 7) is 8.20. The zero-order valence-corrected chi connectivity index (χ0v) is 14.1. The van der Waals surface area contributed by atoms with Crippen LogP contribution in [0.2, 0.25) is 0 Å². The monoisotopic (exact) mass is 318 g/mol. The van der Waals surface area contributed by atoms with Gasteiger partial charge >= 0.3 is 11.9 Å². The second-order valence-electron chi connectivity index (χ2n) is 5.66. The van der Waals surface area contributed by atoms with Crippen molar-refractivity contribution in [1.82, 2.24) is 0 Å². The van der Waals surface area contributed by atoms with Gasteiger partial charge in [0.25, 0.3) is 0 Å². The molecule has 4 heteroatoms. The van der Waals surface area contributed by atoms with Gasteiger partial charge in [-0.25, -0.2) is 9.59 Å². The first-order valence-corrected chi connectivity index (χ1v) is 8.13. The molecule has 4 nitrogen and oxygen atoms in total. The molecule has 0 atom stereocenters. The number of rotatable bonds is 10. The first-order chi connectivity index (χ1) is 11.0. The van der Waals surface area contributed by atoms with Crippen molar-refractivity contribution in [2.45, 2.75) is 46.0 Å². The molecule has 1 rings (SSSR count). The zero-order valence-electron chi connectivity index (χ0n) is 14.1. The standard InChI is InChI=1S/C19H26O4/c1-4-5-6-7-8-12-22-18(20)16-10-9-11-17(13-16)19(21)23-14-15(2)3/h9-11,13H,2,4-8,12,14H2,1,3H3. The molecule has 0 saturated heterocycles. The summed E-state index contributed by atoms with van der Waals surface area (Å²) in [7, 11) is 0. The Kier molecular flexibility index (Phi) is 8.73. The SMILES string of the molecule is C=C(C)COC(=O)c1cccc(C(=O)OCCCCCCC)c1. The van der Waals surface area contributed by atoms with Crippen molar-refractivity contribution in [3.63, 3.8) is 0 Å². The van der Waals surface area contributed by atoms with E-state index in [4.69, 9.17) is 9.47 Å². The van der Waals surface area contributed by atoms with E-state index in [9.17, 15) is 9.59 Å². The summed E-state index contributed by atoms with van der Waals surface area (Å²) in [5.41, 5.74) is 1.46. The van der Waals surface area contributed by atoms with Crippen LogP contribution in [0.3, 0.4) is 0 Å². The quantitative estimate of drug-likeness (QED) is 0.361. The molecule has 0 aliphatic heterocycles. The van der Waals surface area contributed by atoms with Crippen LogP contribution in [0.1, 0.15) is 66.7 Å². The number of carbonyl (C=O) groups is 2. The predicted octanol–water partition coefficient (Wildman–Crippen LogP) is 4.55. The van der Waals surface area contributed by atoms with Crippen molar-refractivity contribution in [3.8, 4) is 0 Å². The van der Waals surface area contributed by atoms with Crippen LogP contribution in [0.15, 0.2) is 36.4 Å². The Labute approximate surface area is 138 Å². The molecule has 0 radical (unpaired) electrons.